The van der Waals surface area contributed by atoms with Crippen LogP contribution in [0.4, 0.5) is 0 Å². The normalized spacial score (nSPS) is 14.5. The van der Waals surface area contributed by atoms with E-state index in [4.69, 9.17) is 0 Å². The number of aromatic amines is 1. The molecule has 0 bridgehead atoms. The number of nitrogens with one attached hydrogen (secondary N) is 1. The third-order valence-corrected chi connectivity index (χ3v) is 4.67. The Bertz CT molecular complexity index is 738. The van der Waals surface area contributed by atoms with Gasteiger partial charge >= 0.3 is 0 Å². The lowest BCUT2D eigenvalue weighted by molar-refractivity contribution is 0.0725. The second-order valence-corrected chi connectivity index (χ2v) is 6.35. The molecule has 1 aliphatic rings. The number of carbonyl (C=O) groups excluding carboxylic acids is 1. The topological polar surface area (TPSA) is 36.1 Å². The number of fused-ring (bicyclic) bond motifs is 1. The fourth-order valence-electron chi connectivity index (χ4n) is 2.68. The quantitative estimate of drug-likeness (QED) is 0.775. The molecule has 1 N–H and O–H groups in total. The van der Waals surface area contributed by atoms with E-state index >= 15 is 0 Å². The summed E-state index contributed by atoms with van der Waals surface area (Å²) in [5, 5.41) is 5.27. The molecular weight excluding hydrogens is 280 g/mol. The number of amides is 1. The fraction of sp³-hybridized carbons (Fsp3) is 0.235. The number of thiophene rings is 1. The zero-order valence-electron chi connectivity index (χ0n) is 11.6. The molecular formula is C17H16N2OS. The number of benzene rings is 1. The number of H-pyrrole nitrogens is 1. The molecule has 1 aliphatic carbocycles. The van der Waals surface area contributed by atoms with Gasteiger partial charge in [0.15, 0.2) is 0 Å². The van der Waals surface area contributed by atoms with E-state index in [0.29, 0.717) is 18.3 Å². The molecule has 2 aromatic heterocycles. The van der Waals surface area contributed by atoms with Gasteiger partial charge in [0.25, 0.3) is 5.91 Å². The van der Waals surface area contributed by atoms with Crippen molar-refractivity contribution in [3.8, 4) is 0 Å². The van der Waals surface area contributed by atoms with Crippen molar-refractivity contribution in [2.75, 3.05) is 0 Å². The highest BCUT2D eigenvalue weighted by Crippen LogP contribution is 2.30. The van der Waals surface area contributed by atoms with Crippen molar-refractivity contribution in [3.63, 3.8) is 0 Å². The van der Waals surface area contributed by atoms with E-state index in [-0.39, 0.29) is 5.91 Å². The highest BCUT2D eigenvalue weighted by Gasteiger charge is 2.33. The van der Waals surface area contributed by atoms with Crippen LogP contribution in [-0.4, -0.2) is 21.8 Å². The van der Waals surface area contributed by atoms with Crippen molar-refractivity contribution in [3.05, 3.63) is 58.4 Å². The molecule has 1 fully saturated rings. The van der Waals surface area contributed by atoms with Crippen molar-refractivity contribution in [1.82, 2.24) is 9.88 Å². The molecule has 0 aliphatic heterocycles. The first-order valence-electron chi connectivity index (χ1n) is 7.21. The lowest BCUT2D eigenvalue weighted by Gasteiger charge is -2.21. The Kier molecular flexibility index (Phi) is 3.04. The number of aromatic nitrogens is 1. The highest BCUT2D eigenvalue weighted by molar-refractivity contribution is 7.07. The molecule has 0 unspecified atom stereocenters. The van der Waals surface area contributed by atoms with E-state index in [0.717, 1.165) is 23.7 Å². The molecule has 4 rings (SSSR count). The smallest absolute Gasteiger partial charge is 0.270 e. The maximum Gasteiger partial charge on any atom is 0.270 e. The van der Waals surface area contributed by atoms with Gasteiger partial charge in [-0.25, -0.2) is 0 Å². The third-order valence-electron chi connectivity index (χ3n) is 3.94. The largest absolute Gasteiger partial charge is 0.351 e. The average Bonchev–Trinajstić information content (AvgIpc) is 3.04. The monoisotopic (exact) mass is 296 g/mol. The Hall–Kier alpha value is -2.07. The molecule has 3 aromatic rings. The van der Waals surface area contributed by atoms with Gasteiger partial charge in [-0.05, 0) is 47.4 Å². The van der Waals surface area contributed by atoms with Gasteiger partial charge in [0.1, 0.15) is 5.69 Å². The second-order valence-electron chi connectivity index (χ2n) is 5.57. The van der Waals surface area contributed by atoms with Gasteiger partial charge in [-0.3, -0.25) is 4.79 Å². The van der Waals surface area contributed by atoms with Gasteiger partial charge in [0.05, 0.1) is 0 Å². The Morgan fingerprint density at radius 3 is 2.86 bits per heavy atom. The summed E-state index contributed by atoms with van der Waals surface area (Å²) in [6.45, 7) is 0.711. The number of rotatable bonds is 4. The van der Waals surface area contributed by atoms with Gasteiger partial charge in [0.2, 0.25) is 0 Å². The van der Waals surface area contributed by atoms with E-state index in [2.05, 4.69) is 21.8 Å². The summed E-state index contributed by atoms with van der Waals surface area (Å²) in [6, 6.07) is 12.5. The van der Waals surface area contributed by atoms with Crippen molar-refractivity contribution >= 4 is 28.1 Å². The Balaban J connectivity index is 1.64. The maximum atomic E-state index is 12.8. The summed E-state index contributed by atoms with van der Waals surface area (Å²) in [4.78, 5) is 18.1. The predicted molar refractivity (Wildman–Crippen MR) is 85.5 cm³/mol. The van der Waals surface area contributed by atoms with Crippen molar-refractivity contribution in [1.29, 1.82) is 0 Å². The average molecular weight is 296 g/mol. The molecule has 3 nitrogen and oxygen atoms in total. The molecule has 1 saturated carbocycles. The molecule has 21 heavy (non-hydrogen) atoms. The van der Waals surface area contributed by atoms with Crippen molar-refractivity contribution < 1.29 is 4.79 Å². The predicted octanol–water partition coefficient (Wildman–Crippen LogP) is 4.03. The summed E-state index contributed by atoms with van der Waals surface area (Å²) in [6.07, 6.45) is 2.24. The molecule has 0 saturated heterocycles. The van der Waals surface area contributed by atoms with Gasteiger partial charge < -0.3 is 9.88 Å². The molecule has 4 heteroatoms. The molecule has 0 atom stereocenters. The lowest BCUT2D eigenvalue weighted by atomic mass is 10.2. The minimum atomic E-state index is 0.111. The van der Waals surface area contributed by atoms with Gasteiger partial charge in [-0.15, -0.1) is 0 Å². The second kappa shape index (κ2) is 5.04. The Labute approximate surface area is 127 Å². The summed E-state index contributed by atoms with van der Waals surface area (Å²) in [7, 11) is 0. The molecule has 1 aromatic carbocycles. The van der Waals surface area contributed by atoms with E-state index in [1.165, 1.54) is 5.56 Å². The zero-order valence-corrected chi connectivity index (χ0v) is 12.4. The number of para-hydroxylation sites is 1. The first-order valence-corrected chi connectivity index (χ1v) is 8.15. The van der Waals surface area contributed by atoms with Crippen LogP contribution in [0.25, 0.3) is 10.9 Å². The standard InChI is InChI=1S/C17H16N2OS/c20-17(16-9-13-3-1-2-4-15(13)18-16)19(14-5-6-14)10-12-7-8-21-11-12/h1-4,7-9,11,14,18H,5-6,10H2. The number of hydrogen-bond acceptors (Lipinski definition) is 2. The maximum absolute atomic E-state index is 12.8. The lowest BCUT2D eigenvalue weighted by Crippen LogP contribution is -2.32. The zero-order chi connectivity index (χ0) is 14.2. The first-order chi connectivity index (χ1) is 10.3. The first kappa shape index (κ1) is 12.7. The molecule has 106 valence electrons. The summed E-state index contributed by atoms with van der Waals surface area (Å²) in [5.74, 6) is 0.111. The molecule has 0 spiro atoms. The number of carbonyl (C=O) groups is 1. The summed E-state index contributed by atoms with van der Waals surface area (Å²) >= 11 is 1.68. The van der Waals surface area contributed by atoms with Crippen LogP contribution in [0, 0.1) is 0 Å². The van der Waals surface area contributed by atoms with E-state index in [1.54, 1.807) is 11.3 Å². The summed E-state index contributed by atoms with van der Waals surface area (Å²) < 4.78 is 0. The van der Waals surface area contributed by atoms with E-state index in [9.17, 15) is 4.79 Å². The third kappa shape index (κ3) is 2.47. The number of nitrogens with zero attached hydrogens (tertiary/aromatic N) is 1. The minimum absolute atomic E-state index is 0.111. The minimum Gasteiger partial charge on any atom is -0.351 e. The molecule has 2 heterocycles. The fourth-order valence-corrected chi connectivity index (χ4v) is 3.34. The van der Waals surface area contributed by atoms with Crippen LogP contribution in [0.3, 0.4) is 0 Å². The van der Waals surface area contributed by atoms with Crippen molar-refractivity contribution in [2.45, 2.75) is 25.4 Å². The van der Waals surface area contributed by atoms with Gasteiger partial charge in [-0.1, -0.05) is 18.2 Å². The van der Waals surface area contributed by atoms with Crippen LogP contribution in [-0.2, 0) is 6.54 Å². The van der Waals surface area contributed by atoms with Gasteiger partial charge in [0, 0.05) is 23.5 Å². The van der Waals surface area contributed by atoms with Crippen molar-refractivity contribution in [2.24, 2.45) is 0 Å². The van der Waals surface area contributed by atoms with E-state index < -0.39 is 0 Å². The van der Waals surface area contributed by atoms with Crippen LogP contribution in [0.15, 0.2) is 47.2 Å². The Morgan fingerprint density at radius 1 is 1.29 bits per heavy atom. The SMILES string of the molecule is O=C(c1cc2ccccc2[nH]1)N(Cc1ccsc1)C1CC1. The molecule has 0 radical (unpaired) electrons. The highest BCUT2D eigenvalue weighted by atomic mass is 32.1. The van der Waals surface area contributed by atoms with Gasteiger partial charge in [-0.2, -0.15) is 11.3 Å². The van der Waals surface area contributed by atoms with Crippen LogP contribution >= 0.6 is 11.3 Å². The van der Waals surface area contributed by atoms with E-state index in [1.807, 2.05) is 35.2 Å². The molecule has 1 amide bonds. The van der Waals surface area contributed by atoms with Crippen LogP contribution in [0.2, 0.25) is 0 Å². The van der Waals surface area contributed by atoms with Crippen LogP contribution < -0.4 is 0 Å². The number of hydrogen-bond donors (Lipinski definition) is 1. The van der Waals surface area contributed by atoms with Crippen LogP contribution in [0.1, 0.15) is 28.9 Å². The Morgan fingerprint density at radius 2 is 2.14 bits per heavy atom. The van der Waals surface area contributed by atoms with Crippen LogP contribution in [0.5, 0.6) is 0 Å². The summed E-state index contributed by atoms with van der Waals surface area (Å²) in [5.41, 5.74) is 2.93.